The van der Waals surface area contributed by atoms with Crippen molar-refractivity contribution >= 4 is 17.3 Å². The number of ether oxygens (including phenoxy) is 3. The smallest absolute Gasteiger partial charge is 0.340 e. The first-order valence-corrected chi connectivity index (χ1v) is 6.08. The molecule has 3 N–H and O–H groups in total. The summed E-state index contributed by atoms with van der Waals surface area (Å²) in [5.41, 5.74) is 5.91. The third-order valence-corrected chi connectivity index (χ3v) is 2.54. The van der Waals surface area contributed by atoms with Gasteiger partial charge in [-0.3, -0.25) is 0 Å². The Morgan fingerprint density at radius 2 is 2.05 bits per heavy atom. The topological polar surface area (TPSA) is 82.8 Å². The van der Waals surface area contributed by atoms with Gasteiger partial charge in [-0.1, -0.05) is 0 Å². The lowest BCUT2D eigenvalue weighted by Gasteiger charge is -2.11. The van der Waals surface area contributed by atoms with E-state index in [1.165, 1.54) is 13.2 Å². The first kappa shape index (κ1) is 16.2. The number of hydrogen-bond donors (Lipinski definition) is 2. The normalized spacial score (nSPS) is 10.3. The van der Waals surface area contributed by atoms with Gasteiger partial charge in [0.05, 0.1) is 38.2 Å². The lowest BCUT2D eigenvalue weighted by molar-refractivity contribution is 0.0602. The van der Waals surface area contributed by atoms with Gasteiger partial charge in [0, 0.05) is 19.3 Å². The molecule has 0 saturated heterocycles. The molecule has 6 nitrogen and oxygen atoms in total. The molecule has 0 spiro atoms. The number of nitrogen functional groups attached to an aromatic ring is 1. The van der Waals surface area contributed by atoms with E-state index in [1.807, 2.05) is 0 Å². The van der Waals surface area contributed by atoms with Crippen molar-refractivity contribution in [3.8, 4) is 0 Å². The minimum Gasteiger partial charge on any atom is -0.465 e. The highest BCUT2D eigenvalue weighted by Crippen LogP contribution is 2.22. The fourth-order valence-electron chi connectivity index (χ4n) is 1.51. The van der Waals surface area contributed by atoms with Gasteiger partial charge in [-0.15, -0.1) is 0 Å². The molecule has 0 aliphatic carbocycles. The van der Waals surface area contributed by atoms with Gasteiger partial charge in [-0.05, 0) is 12.1 Å². The van der Waals surface area contributed by atoms with Crippen molar-refractivity contribution in [1.82, 2.24) is 0 Å². The second-order valence-corrected chi connectivity index (χ2v) is 3.94. The Labute approximate surface area is 117 Å². The summed E-state index contributed by atoms with van der Waals surface area (Å²) >= 11 is 0. The summed E-state index contributed by atoms with van der Waals surface area (Å²) in [6, 6.07) is 2.41. The quantitative estimate of drug-likeness (QED) is 0.425. The van der Waals surface area contributed by atoms with Crippen LogP contribution in [0.3, 0.4) is 0 Å². The summed E-state index contributed by atoms with van der Waals surface area (Å²) in [6.07, 6.45) is 0. The van der Waals surface area contributed by atoms with Gasteiger partial charge in [0.25, 0.3) is 0 Å². The molecule has 0 fully saturated rings. The lowest BCUT2D eigenvalue weighted by Crippen LogP contribution is -2.14. The van der Waals surface area contributed by atoms with E-state index in [2.05, 4.69) is 10.1 Å². The Kier molecular flexibility index (Phi) is 6.75. The van der Waals surface area contributed by atoms with E-state index in [-0.39, 0.29) is 16.9 Å². The first-order valence-electron chi connectivity index (χ1n) is 6.08. The zero-order valence-electron chi connectivity index (χ0n) is 11.6. The summed E-state index contributed by atoms with van der Waals surface area (Å²) < 4.78 is 28.3. The van der Waals surface area contributed by atoms with Crippen LogP contribution >= 0.6 is 0 Å². The van der Waals surface area contributed by atoms with Crippen LogP contribution in [-0.2, 0) is 14.2 Å². The lowest BCUT2D eigenvalue weighted by atomic mass is 10.1. The minimum atomic E-state index is -0.609. The second-order valence-electron chi connectivity index (χ2n) is 3.94. The average Bonchev–Trinajstić information content (AvgIpc) is 2.43. The van der Waals surface area contributed by atoms with Crippen molar-refractivity contribution in [3.63, 3.8) is 0 Å². The Balaban J connectivity index is 2.59. The third-order valence-electron chi connectivity index (χ3n) is 2.54. The highest BCUT2D eigenvalue weighted by molar-refractivity contribution is 5.96. The van der Waals surface area contributed by atoms with E-state index < -0.39 is 11.8 Å². The molecular formula is C13H19FN2O4. The monoisotopic (exact) mass is 286 g/mol. The van der Waals surface area contributed by atoms with Crippen LogP contribution in [0.2, 0.25) is 0 Å². The van der Waals surface area contributed by atoms with E-state index >= 15 is 0 Å². The summed E-state index contributed by atoms with van der Waals surface area (Å²) in [6.45, 7) is 1.75. The molecular weight excluding hydrogens is 267 g/mol. The van der Waals surface area contributed by atoms with Crippen molar-refractivity contribution in [2.45, 2.75) is 0 Å². The van der Waals surface area contributed by atoms with E-state index in [0.29, 0.717) is 26.4 Å². The molecule has 1 aromatic carbocycles. The average molecular weight is 286 g/mol. The number of nitrogens with one attached hydrogen (secondary N) is 1. The van der Waals surface area contributed by atoms with E-state index in [1.54, 1.807) is 7.11 Å². The third kappa shape index (κ3) is 4.67. The maximum Gasteiger partial charge on any atom is 0.340 e. The Hall–Kier alpha value is -1.86. The molecule has 20 heavy (non-hydrogen) atoms. The number of benzene rings is 1. The highest BCUT2D eigenvalue weighted by atomic mass is 19.1. The van der Waals surface area contributed by atoms with Crippen LogP contribution in [-0.4, -0.2) is 46.6 Å². The molecule has 0 aromatic heterocycles. The van der Waals surface area contributed by atoms with E-state index in [0.717, 1.165) is 6.07 Å². The molecule has 7 heteroatoms. The largest absolute Gasteiger partial charge is 0.465 e. The maximum absolute atomic E-state index is 13.7. The number of carbonyl (C=O) groups excluding carboxylic acids is 1. The van der Waals surface area contributed by atoms with Crippen LogP contribution in [0, 0.1) is 5.82 Å². The fraction of sp³-hybridized carbons (Fsp3) is 0.462. The van der Waals surface area contributed by atoms with E-state index in [9.17, 15) is 9.18 Å². The molecule has 1 aromatic rings. The summed E-state index contributed by atoms with van der Waals surface area (Å²) in [5, 5.41) is 2.83. The zero-order valence-corrected chi connectivity index (χ0v) is 11.6. The van der Waals surface area contributed by atoms with Gasteiger partial charge in [-0.2, -0.15) is 0 Å². The van der Waals surface area contributed by atoms with Crippen molar-refractivity contribution in [1.29, 1.82) is 0 Å². The molecule has 0 unspecified atom stereocenters. The number of esters is 1. The van der Waals surface area contributed by atoms with Crippen LogP contribution < -0.4 is 11.1 Å². The molecule has 0 saturated carbocycles. The summed E-state index contributed by atoms with van der Waals surface area (Å²) in [7, 11) is 2.82. The first-order chi connectivity index (χ1) is 9.60. The number of hydrogen-bond acceptors (Lipinski definition) is 6. The van der Waals surface area contributed by atoms with Crippen molar-refractivity contribution < 1.29 is 23.4 Å². The number of carbonyl (C=O) groups is 1. The summed E-state index contributed by atoms with van der Waals surface area (Å²) in [4.78, 5) is 11.5. The van der Waals surface area contributed by atoms with Gasteiger partial charge in [-0.25, -0.2) is 9.18 Å². The number of methoxy groups -OCH3 is 2. The number of anilines is 2. The SMILES string of the molecule is COCCOCCNc1cc(C(=O)OC)c(N)cc1F. The minimum absolute atomic E-state index is 0.0382. The van der Waals surface area contributed by atoms with Gasteiger partial charge in [0.2, 0.25) is 0 Å². The van der Waals surface area contributed by atoms with Crippen LogP contribution in [0.1, 0.15) is 10.4 Å². The highest BCUT2D eigenvalue weighted by Gasteiger charge is 2.14. The van der Waals surface area contributed by atoms with Crippen LogP contribution in [0.25, 0.3) is 0 Å². The predicted molar refractivity (Wildman–Crippen MR) is 73.3 cm³/mol. The molecule has 0 atom stereocenters. The molecule has 0 aliphatic heterocycles. The number of halogens is 1. The van der Waals surface area contributed by atoms with Crippen molar-refractivity contribution in [2.75, 3.05) is 51.6 Å². The predicted octanol–water partition coefficient (Wildman–Crippen LogP) is 1.27. The van der Waals surface area contributed by atoms with Crippen LogP contribution in [0.4, 0.5) is 15.8 Å². The van der Waals surface area contributed by atoms with Gasteiger partial charge < -0.3 is 25.3 Å². The van der Waals surface area contributed by atoms with Crippen LogP contribution in [0.15, 0.2) is 12.1 Å². The molecule has 0 heterocycles. The van der Waals surface area contributed by atoms with Crippen molar-refractivity contribution in [3.05, 3.63) is 23.5 Å². The van der Waals surface area contributed by atoms with Gasteiger partial charge in [0.15, 0.2) is 0 Å². The van der Waals surface area contributed by atoms with Crippen LogP contribution in [0.5, 0.6) is 0 Å². The van der Waals surface area contributed by atoms with Gasteiger partial charge >= 0.3 is 5.97 Å². The fourth-order valence-corrected chi connectivity index (χ4v) is 1.51. The second kappa shape index (κ2) is 8.34. The molecule has 112 valence electrons. The molecule has 1 rings (SSSR count). The Morgan fingerprint density at radius 3 is 2.70 bits per heavy atom. The summed E-state index contributed by atoms with van der Waals surface area (Å²) in [5.74, 6) is -1.14. The number of nitrogens with two attached hydrogens (primary N) is 1. The van der Waals surface area contributed by atoms with E-state index in [4.69, 9.17) is 15.2 Å². The molecule has 0 radical (unpaired) electrons. The van der Waals surface area contributed by atoms with Gasteiger partial charge in [0.1, 0.15) is 5.82 Å². The van der Waals surface area contributed by atoms with Crippen molar-refractivity contribution in [2.24, 2.45) is 0 Å². The molecule has 0 amide bonds. The standard InChI is InChI=1S/C13H19FN2O4/c1-18-5-6-20-4-3-16-12-7-9(13(17)19-2)11(15)8-10(12)14/h7-8,16H,3-6,15H2,1-2H3. The Morgan fingerprint density at radius 1 is 1.30 bits per heavy atom. The Bertz CT molecular complexity index is 454. The maximum atomic E-state index is 13.7. The number of rotatable bonds is 8. The molecule has 0 aliphatic rings. The zero-order chi connectivity index (χ0) is 15.0. The molecule has 0 bridgehead atoms.